The van der Waals surface area contributed by atoms with Gasteiger partial charge < -0.3 is 4.74 Å². The van der Waals surface area contributed by atoms with Gasteiger partial charge in [-0.3, -0.25) is 11.3 Å². The summed E-state index contributed by atoms with van der Waals surface area (Å²) in [6.07, 6.45) is 0.918. The highest BCUT2D eigenvalue weighted by molar-refractivity contribution is 5.37. The Balaban J connectivity index is 3.23. The van der Waals surface area contributed by atoms with Crippen LogP contribution in [0.15, 0.2) is 18.2 Å². The zero-order chi connectivity index (χ0) is 13.1. The number of nitrogens with two attached hydrogens (primary N) is 1. The maximum absolute atomic E-state index is 13.3. The zero-order valence-electron chi connectivity index (χ0n) is 10.9. The summed E-state index contributed by atoms with van der Waals surface area (Å²) in [7, 11) is 1.57. The summed E-state index contributed by atoms with van der Waals surface area (Å²) >= 11 is 0. The number of benzene rings is 1. The van der Waals surface area contributed by atoms with Gasteiger partial charge in [-0.05, 0) is 30.0 Å². The van der Waals surface area contributed by atoms with Crippen LogP contribution in [0.5, 0.6) is 5.75 Å². The van der Waals surface area contributed by atoms with Gasteiger partial charge in [-0.15, -0.1) is 0 Å². The molecule has 0 aliphatic rings. The summed E-state index contributed by atoms with van der Waals surface area (Å²) in [6, 6.07) is 4.33. The van der Waals surface area contributed by atoms with Crippen molar-refractivity contribution >= 4 is 0 Å². The second-order valence-corrected chi connectivity index (χ2v) is 4.83. The van der Waals surface area contributed by atoms with Gasteiger partial charge in [0, 0.05) is 5.56 Å². The Morgan fingerprint density at radius 1 is 1.47 bits per heavy atom. The number of hydrogen-bond acceptors (Lipinski definition) is 3. The van der Waals surface area contributed by atoms with Gasteiger partial charge in [0.1, 0.15) is 11.6 Å². The average molecular weight is 240 g/mol. The molecule has 1 unspecified atom stereocenters. The smallest absolute Gasteiger partial charge is 0.123 e. The molecule has 96 valence electrons. The maximum Gasteiger partial charge on any atom is 0.123 e. The highest BCUT2D eigenvalue weighted by Crippen LogP contribution is 2.39. The number of hydrogen-bond donors (Lipinski definition) is 2. The molecule has 0 saturated heterocycles. The van der Waals surface area contributed by atoms with E-state index in [0.29, 0.717) is 5.75 Å². The molecule has 17 heavy (non-hydrogen) atoms. The van der Waals surface area contributed by atoms with Crippen molar-refractivity contribution in [3.05, 3.63) is 29.6 Å². The van der Waals surface area contributed by atoms with Crippen molar-refractivity contribution in [3.63, 3.8) is 0 Å². The minimum Gasteiger partial charge on any atom is -0.496 e. The first-order chi connectivity index (χ1) is 7.96. The third kappa shape index (κ3) is 2.96. The molecule has 0 heterocycles. The van der Waals surface area contributed by atoms with Crippen LogP contribution in [0.1, 0.15) is 38.8 Å². The first-order valence-corrected chi connectivity index (χ1v) is 5.75. The van der Waals surface area contributed by atoms with Gasteiger partial charge in [-0.2, -0.15) is 0 Å². The molecule has 0 fully saturated rings. The van der Waals surface area contributed by atoms with Crippen molar-refractivity contribution in [1.29, 1.82) is 0 Å². The van der Waals surface area contributed by atoms with Gasteiger partial charge >= 0.3 is 0 Å². The number of ether oxygens (including phenoxy) is 1. The van der Waals surface area contributed by atoms with E-state index in [1.807, 2.05) is 0 Å². The van der Waals surface area contributed by atoms with Crippen molar-refractivity contribution in [2.45, 2.75) is 33.2 Å². The van der Waals surface area contributed by atoms with Crippen LogP contribution in [-0.2, 0) is 0 Å². The molecular formula is C13H21FN2O. The Morgan fingerprint density at radius 3 is 2.59 bits per heavy atom. The molecular weight excluding hydrogens is 219 g/mol. The number of hydrazine groups is 1. The van der Waals surface area contributed by atoms with Gasteiger partial charge in [-0.1, -0.05) is 20.8 Å². The highest BCUT2D eigenvalue weighted by atomic mass is 19.1. The second-order valence-electron chi connectivity index (χ2n) is 4.83. The summed E-state index contributed by atoms with van der Waals surface area (Å²) < 4.78 is 18.6. The number of halogens is 1. The number of methoxy groups -OCH3 is 1. The third-order valence-electron chi connectivity index (χ3n) is 3.36. The summed E-state index contributed by atoms with van der Waals surface area (Å²) in [5, 5.41) is 0. The molecule has 0 aliphatic heterocycles. The fourth-order valence-electron chi connectivity index (χ4n) is 1.87. The molecule has 3 nitrogen and oxygen atoms in total. The van der Waals surface area contributed by atoms with Gasteiger partial charge in [0.25, 0.3) is 0 Å². The van der Waals surface area contributed by atoms with E-state index in [2.05, 4.69) is 26.2 Å². The van der Waals surface area contributed by atoms with Crippen LogP contribution in [-0.4, -0.2) is 7.11 Å². The molecule has 4 heteroatoms. The lowest BCUT2D eigenvalue weighted by atomic mass is 9.78. The van der Waals surface area contributed by atoms with Crippen LogP contribution in [0.2, 0.25) is 0 Å². The van der Waals surface area contributed by atoms with Gasteiger partial charge in [0.2, 0.25) is 0 Å². The molecule has 0 spiro atoms. The number of nitrogens with one attached hydrogen (secondary N) is 1. The topological polar surface area (TPSA) is 47.3 Å². The van der Waals surface area contributed by atoms with E-state index < -0.39 is 0 Å². The molecule has 3 N–H and O–H groups in total. The molecule has 1 aromatic rings. The van der Waals surface area contributed by atoms with Crippen molar-refractivity contribution < 1.29 is 9.13 Å². The predicted molar refractivity (Wildman–Crippen MR) is 67.1 cm³/mol. The van der Waals surface area contributed by atoms with Gasteiger partial charge in [-0.25, -0.2) is 4.39 Å². The van der Waals surface area contributed by atoms with Crippen LogP contribution < -0.4 is 16.0 Å². The fraction of sp³-hybridized carbons (Fsp3) is 0.538. The van der Waals surface area contributed by atoms with Crippen molar-refractivity contribution in [2.75, 3.05) is 7.11 Å². The minimum atomic E-state index is -0.284. The molecule has 0 saturated carbocycles. The van der Waals surface area contributed by atoms with Crippen LogP contribution >= 0.6 is 0 Å². The first-order valence-electron chi connectivity index (χ1n) is 5.75. The van der Waals surface area contributed by atoms with Crippen molar-refractivity contribution in [2.24, 2.45) is 11.3 Å². The molecule has 0 bridgehead atoms. The molecule has 0 amide bonds. The van der Waals surface area contributed by atoms with E-state index in [1.54, 1.807) is 13.2 Å². The molecule has 0 radical (unpaired) electrons. The standard InChI is InChI=1S/C13H21FN2O/c1-5-13(2,3)12(16-15)10-8-9(14)6-7-11(10)17-4/h6-8,12,16H,5,15H2,1-4H3. The lowest BCUT2D eigenvalue weighted by Crippen LogP contribution is -2.38. The van der Waals surface area contributed by atoms with E-state index in [9.17, 15) is 4.39 Å². The van der Waals surface area contributed by atoms with E-state index in [4.69, 9.17) is 10.6 Å². The minimum absolute atomic E-state index is 0.0875. The van der Waals surface area contributed by atoms with Crippen LogP contribution in [0.25, 0.3) is 0 Å². The molecule has 1 atom stereocenters. The Bertz CT molecular complexity index is 380. The lowest BCUT2D eigenvalue weighted by molar-refractivity contribution is 0.230. The van der Waals surface area contributed by atoms with E-state index in [-0.39, 0.29) is 17.3 Å². The monoisotopic (exact) mass is 240 g/mol. The predicted octanol–water partition coefficient (Wildman–Crippen LogP) is 2.77. The van der Waals surface area contributed by atoms with Gasteiger partial charge in [0.15, 0.2) is 0 Å². The largest absolute Gasteiger partial charge is 0.496 e. The summed E-state index contributed by atoms with van der Waals surface area (Å²) in [5.41, 5.74) is 3.43. The normalized spacial score (nSPS) is 13.5. The van der Waals surface area contributed by atoms with E-state index in [0.717, 1.165) is 12.0 Å². The Hall–Kier alpha value is -1.13. The van der Waals surface area contributed by atoms with Crippen molar-refractivity contribution in [1.82, 2.24) is 5.43 Å². The molecule has 0 aromatic heterocycles. The molecule has 1 aromatic carbocycles. The highest BCUT2D eigenvalue weighted by Gasteiger charge is 2.30. The van der Waals surface area contributed by atoms with Gasteiger partial charge in [0.05, 0.1) is 13.2 Å². The molecule has 1 rings (SSSR count). The third-order valence-corrected chi connectivity index (χ3v) is 3.36. The van der Waals surface area contributed by atoms with Crippen LogP contribution in [0, 0.1) is 11.2 Å². The Morgan fingerprint density at radius 2 is 2.12 bits per heavy atom. The maximum atomic E-state index is 13.3. The summed E-state index contributed by atoms with van der Waals surface area (Å²) in [6.45, 7) is 6.25. The fourth-order valence-corrected chi connectivity index (χ4v) is 1.87. The van der Waals surface area contributed by atoms with Crippen molar-refractivity contribution in [3.8, 4) is 5.75 Å². The van der Waals surface area contributed by atoms with E-state index >= 15 is 0 Å². The van der Waals surface area contributed by atoms with Crippen LogP contribution in [0.3, 0.4) is 0 Å². The quantitative estimate of drug-likeness (QED) is 0.614. The lowest BCUT2D eigenvalue weighted by Gasteiger charge is -2.34. The Labute approximate surface area is 102 Å². The Kier molecular flexibility index (Phi) is 4.48. The number of rotatable bonds is 5. The average Bonchev–Trinajstić information content (AvgIpc) is 2.30. The first kappa shape index (κ1) is 13.9. The SMILES string of the molecule is CCC(C)(C)C(NN)c1cc(F)ccc1OC. The summed E-state index contributed by atoms with van der Waals surface area (Å²) in [5.74, 6) is 5.98. The summed E-state index contributed by atoms with van der Waals surface area (Å²) in [4.78, 5) is 0. The molecule has 0 aliphatic carbocycles. The van der Waals surface area contributed by atoms with Crippen LogP contribution in [0.4, 0.5) is 4.39 Å². The second kappa shape index (κ2) is 5.47. The van der Waals surface area contributed by atoms with E-state index in [1.165, 1.54) is 12.1 Å². The zero-order valence-corrected chi connectivity index (χ0v) is 10.9.